The van der Waals surface area contributed by atoms with Crippen molar-refractivity contribution >= 4 is 33.4 Å². The number of pyridine rings is 1. The van der Waals surface area contributed by atoms with E-state index in [2.05, 4.69) is 10.3 Å². The smallest absolute Gasteiger partial charge is 0.393 e. The lowest BCUT2D eigenvalue weighted by Gasteiger charge is -2.12. The minimum absolute atomic E-state index is 0.0658. The maximum absolute atomic E-state index is 14.0. The van der Waals surface area contributed by atoms with E-state index >= 15 is 0 Å². The highest BCUT2D eigenvalue weighted by Gasteiger charge is 2.33. The number of hydrogen-bond donors (Lipinski definition) is 4. The van der Waals surface area contributed by atoms with E-state index < -0.39 is 39.7 Å². The van der Waals surface area contributed by atoms with Gasteiger partial charge in [-0.3, -0.25) is 9.52 Å². The maximum Gasteiger partial charge on any atom is 0.433 e. The molecule has 0 aliphatic carbocycles. The summed E-state index contributed by atoms with van der Waals surface area (Å²) in [7, 11) is -3.66. The number of nitrogens with one attached hydrogen (secondary N) is 3. The van der Waals surface area contributed by atoms with Gasteiger partial charge in [0.05, 0.1) is 29.5 Å². The van der Waals surface area contributed by atoms with Crippen molar-refractivity contribution in [2.45, 2.75) is 32.2 Å². The quantitative estimate of drug-likeness (QED) is 0.238. The maximum atomic E-state index is 14.0. The van der Waals surface area contributed by atoms with Gasteiger partial charge in [-0.05, 0) is 36.8 Å². The number of alkyl halides is 3. The number of nitrogens with zero attached hydrogens (tertiary/aromatic N) is 1. The molecule has 13 heteroatoms. The third kappa shape index (κ3) is 8.23. The first-order valence-corrected chi connectivity index (χ1v) is 11.6. The van der Waals surface area contributed by atoms with Crippen molar-refractivity contribution in [3.8, 4) is 0 Å². The fraction of sp³-hybridized carbons (Fsp3) is 0.286. The van der Waals surface area contributed by atoms with Crippen LogP contribution in [0.4, 0.5) is 23.2 Å². The summed E-state index contributed by atoms with van der Waals surface area (Å²) in [6.07, 6.45) is -2.90. The first-order valence-electron chi connectivity index (χ1n) is 9.72. The molecule has 0 saturated heterocycles. The van der Waals surface area contributed by atoms with Gasteiger partial charge in [-0.1, -0.05) is 12.1 Å². The van der Waals surface area contributed by atoms with E-state index in [-0.39, 0.29) is 35.6 Å². The van der Waals surface area contributed by atoms with E-state index in [1.165, 1.54) is 25.1 Å². The third-order valence-electron chi connectivity index (χ3n) is 4.21. The van der Waals surface area contributed by atoms with Gasteiger partial charge in [0.2, 0.25) is 15.9 Å². The number of aromatic nitrogens is 1. The zero-order valence-corrected chi connectivity index (χ0v) is 18.9. The van der Waals surface area contributed by atoms with Crippen LogP contribution in [0.2, 0.25) is 0 Å². The molecule has 0 fully saturated rings. The van der Waals surface area contributed by atoms with Crippen LogP contribution in [0.3, 0.4) is 0 Å². The van der Waals surface area contributed by atoms with Crippen LogP contribution in [0.5, 0.6) is 0 Å². The molecule has 1 aromatic carbocycles. The number of carbonyl (C=O) groups excluding carboxylic acids is 1. The molecule has 0 aliphatic rings. The number of hydrogen-bond acceptors (Lipinski definition) is 6. The van der Waals surface area contributed by atoms with E-state index in [0.717, 1.165) is 24.5 Å². The second-order valence-electron chi connectivity index (χ2n) is 7.40. The molecule has 0 bridgehead atoms. The Morgan fingerprint density at radius 1 is 1.26 bits per heavy atom. The molecule has 2 rings (SSSR count). The fourth-order valence-electron chi connectivity index (χ4n) is 2.76. The third-order valence-corrected chi connectivity index (χ3v) is 4.80. The SMILES string of the molecule is CC(O)CC(=N)c1nc(C(F)(F)F)ccc1C=CC(=O)NCc1ccc(NS(C)(=O)=O)c(F)c1. The molecule has 2 aromatic rings. The van der Waals surface area contributed by atoms with Gasteiger partial charge in [0, 0.05) is 24.6 Å². The number of benzene rings is 1. The lowest BCUT2D eigenvalue weighted by Crippen LogP contribution is -2.20. The van der Waals surface area contributed by atoms with Gasteiger partial charge >= 0.3 is 6.18 Å². The Balaban J connectivity index is 2.14. The summed E-state index contributed by atoms with van der Waals surface area (Å²) in [4.78, 5) is 15.6. The summed E-state index contributed by atoms with van der Waals surface area (Å²) < 4.78 is 77.5. The van der Waals surface area contributed by atoms with E-state index in [9.17, 15) is 35.9 Å². The molecule has 4 N–H and O–H groups in total. The van der Waals surface area contributed by atoms with E-state index in [4.69, 9.17) is 5.41 Å². The number of aliphatic hydroxyl groups is 1. The molecule has 1 amide bonds. The molecule has 0 spiro atoms. The molecule has 0 aliphatic heterocycles. The summed E-state index contributed by atoms with van der Waals surface area (Å²) in [5.74, 6) is -1.50. The lowest BCUT2D eigenvalue weighted by atomic mass is 10.0. The molecule has 184 valence electrons. The largest absolute Gasteiger partial charge is 0.433 e. The summed E-state index contributed by atoms with van der Waals surface area (Å²) in [5, 5.41) is 19.9. The molecule has 34 heavy (non-hydrogen) atoms. The second-order valence-corrected chi connectivity index (χ2v) is 9.15. The van der Waals surface area contributed by atoms with Crippen LogP contribution in [0.15, 0.2) is 36.4 Å². The van der Waals surface area contributed by atoms with E-state index in [1.54, 1.807) is 0 Å². The van der Waals surface area contributed by atoms with Crippen LogP contribution in [-0.2, 0) is 27.5 Å². The summed E-state index contributed by atoms with van der Waals surface area (Å²) >= 11 is 0. The Morgan fingerprint density at radius 3 is 2.50 bits per heavy atom. The van der Waals surface area contributed by atoms with Gasteiger partial charge in [-0.2, -0.15) is 13.2 Å². The molecule has 8 nitrogen and oxygen atoms in total. The summed E-state index contributed by atoms with van der Waals surface area (Å²) in [5.41, 5.74) is -1.73. The number of halogens is 4. The zero-order valence-electron chi connectivity index (χ0n) is 18.1. The first kappa shape index (κ1) is 26.9. The van der Waals surface area contributed by atoms with Crippen LogP contribution >= 0.6 is 0 Å². The highest BCUT2D eigenvalue weighted by Crippen LogP contribution is 2.29. The minimum atomic E-state index is -4.73. The van der Waals surface area contributed by atoms with Crippen molar-refractivity contribution < 1.29 is 35.9 Å². The predicted octanol–water partition coefficient (Wildman–Crippen LogP) is 3.08. The normalized spacial score (nSPS) is 13.0. The van der Waals surface area contributed by atoms with Crippen molar-refractivity contribution in [2.24, 2.45) is 0 Å². The van der Waals surface area contributed by atoms with Crippen LogP contribution in [0.1, 0.15) is 35.9 Å². The number of rotatable bonds is 9. The molecule has 1 atom stereocenters. The molecule has 0 saturated carbocycles. The molecule has 1 unspecified atom stereocenters. The second kappa shape index (κ2) is 10.7. The monoisotopic (exact) mass is 502 g/mol. The van der Waals surface area contributed by atoms with Crippen molar-refractivity contribution in [2.75, 3.05) is 11.0 Å². The van der Waals surface area contributed by atoms with Gasteiger partial charge in [0.25, 0.3) is 0 Å². The van der Waals surface area contributed by atoms with Crippen molar-refractivity contribution in [3.05, 3.63) is 64.7 Å². The lowest BCUT2D eigenvalue weighted by molar-refractivity contribution is -0.141. The van der Waals surface area contributed by atoms with Crippen molar-refractivity contribution in [1.82, 2.24) is 10.3 Å². The van der Waals surface area contributed by atoms with Crippen molar-refractivity contribution in [1.29, 1.82) is 5.41 Å². The summed E-state index contributed by atoms with van der Waals surface area (Å²) in [6.45, 7) is 1.26. The Hall–Kier alpha value is -3.32. The first-order chi connectivity index (χ1) is 15.7. The summed E-state index contributed by atoms with van der Waals surface area (Å²) in [6, 6.07) is 5.41. The molecule has 0 radical (unpaired) electrons. The number of anilines is 1. The molecule has 1 aromatic heterocycles. The fourth-order valence-corrected chi connectivity index (χ4v) is 3.33. The van der Waals surface area contributed by atoms with E-state index in [0.29, 0.717) is 11.6 Å². The average molecular weight is 502 g/mol. The van der Waals surface area contributed by atoms with Crippen LogP contribution in [-0.4, -0.2) is 42.5 Å². The Bertz CT molecular complexity index is 1210. The number of carbonyl (C=O) groups is 1. The minimum Gasteiger partial charge on any atom is -0.393 e. The Labute approximate surface area is 193 Å². The van der Waals surface area contributed by atoms with Gasteiger partial charge < -0.3 is 15.8 Å². The zero-order chi connectivity index (χ0) is 25.7. The van der Waals surface area contributed by atoms with Crippen LogP contribution in [0, 0.1) is 11.2 Å². The average Bonchev–Trinajstić information content (AvgIpc) is 2.70. The van der Waals surface area contributed by atoms with Crippen LogP contribution < -0.4 is 10.0 Å². The van der Waals surface area contributed by atoms with Gasteiger partial charge in [0.1, 0.15) is 11.5 Å². The molecule has 1 heterocycles. The Morgan fingerprint density at radius 2 is 1.94 bits per heavy atom. The number of sulfonamides is 1. The van der Waals surface area contributed by atoms with Gasteiger partial charge in [0.15, 0.2) is 0 Å². The number of aliphatic hydroxyl groups excluding tert-OH is 1. The standard InChI is InChI=1S/C21H22F4N4O4S/c1-12(30)9-16(26)20-14(4-7-18(28-20)21(23,24)25)5-8-19(31)27-11-13-3-6-17(15(22)10-13)29-34(2,32)33/h3-8,10,12,26,29-30H,9,11H2,1-2H3,(H,27,31). The predicted molar refractivity (Wildman–Crippen MR) is 118 cm³/mol. The number of amides is 1. The van der Waals surface area contributed by atoms with E-state index in [1.807, 2.05) is 4.72 Å². The van der Waals surface area contributed by atoms with Crippen molar-refractivity contribution in [3.63, 3.8) is 0 Å². The van der Waals surface area contributed by atoms with Gasteiger partial charge in [-0.15, -0.1) is 0 Å². The highest BCUT2D eigenvalue weighted by atomic mass is 32.2. The van der Waals surface area contributed by atoms with Crippen LogP contribution in [0.25, 0.3) is 6.08 Å². The highest BCUT2D eigenvalue weighted by molar-refractivity contribution is 7.92. The van der Waals surface area contributed by atoms with Gasteiger partial charge in [-0.25, -0.2) is 17.8 Å². The topological polar surface area (TPSA) is 132 Å². The molecular formula is C21H22F4N4O4S. The molecular weight excluding hydrogens is 480 g/mol. The Kier molecular flexibility index (Phi) is 8.51.